The number of carbonyl (C=O) groups excluding carboxylic acids is 2. The van der Waals surface area contributed by atoms with Gasteiger partial charge in [0.1, 0.15) is 17.6 Å². The highest BCUT2D eigenvalue weighted by Gasteiger charge is 2.42. The first kappa shape index (κ1) is 22.3. The standard InChI is InChI=1S/C19H18BrF3N6O3/c20-10-3-5-24-15(7-10)27-18(32)29-11-4-6-28(8-11)13-2-1-12(25-16(13)29)17(31)26-14(9-30)19(21,22)23/h1-3,5,7,11,14,30H,4,6,8-9H2,(H,26,31)(H,24,27,32)/t11-,14?/m0/s1. The van der Waals surface area contributed by atoms with Gasteiger partial charge in [0.05, 0.1) is 18.3 Å². The Labute approximate surface area is 188 Å². The summed E-state index contributed by atoms with van der Waals surface area (Å²) in [5.74, 6) is -0.631. The Balaban J connectivity index is 1.63. The van der Waals surface area contributed by atoms with Gasteiger partial charge in [-0.3, -0.25) is 15.0 Å². The Morgan fingerprint density at radius 1 is 1.31 bits per heavy atom. The first-order valence-corrected chi connectivity index (χ1v) is 10.4. The molecule has 0 aliphatic carbocycles. The maximum Gasteiger partial charge on any atom is 0.410 e. The van der Waals surface area contributed by atoms with E-state index in [-0.39, 0.29) is 17.6 Å². The zero-order valence-electron chi connectivity index (χ0n) is 16.4. The van der Waals surface area contributed by atoms with Crippen molar-refractivity contribution in [2.45, 2.75) is 24.7 Å². The van der Waals surface area contributed by atoms with E-state index in [9.17, 15) is 22.8 Å². The molecular weight excluding hydrogens is 497 g/mol. The molecule has 4 heterocycles. The Hall–Kier alpha value is -2.93. The number of carbonyl (C=O) groups is 2. The monoisotopic (exact) mass is 514 g/mol. The second kappa shape index (κ2) is 8.54. The number of amides is 3. The van der Waals surface area contributed by atoms with Crippen molar-refractivity contribution < 1.29 is 27.9 Å². The second-order valence-electron chi connectivity index (χ2n) is 7.34. The molecule has 2 bridgehead atoms. The van der Waals surface area contributed by atoms with Gasteiger partial charge in [-0.2, -0.15) is 13.2 Å². The van der Waals surface area contributed by atoms with E-state index in [1.165, 1.54) is 17.2 Å². The van der Waals surface area contributed by atoms with Crippen molar-refractivity contribution in [2.24, 2.45) is 0 Å². The molecule has 3 N–H and O–H groups in total. The van der Waals surface area contributed by atoms with Gasteiger partial charge >= 0.3 is 12.2 Å². The van der Waals surface area contributed by atoms with Crippen LogP contribution in [0.3, 0.4) is 0 Å². The fourth-order valence-electron chi connectivity index (χ4n) is 3.70. The third kappa shape index (κ3) is 4.35. The number of alkyl halides is 3. The van der Waals surface area contributed by atoms with Crippen molar-refractivity contribution in [3.8, 4) is 0 Å². The smallest absolute Gasteiger partial charge is 0.394 e. The van der Waals surface area contributed by atoms with E-state index >= 15 is 0 Å². The number of halogens is 4. The minimum absolute atomic E-state index is 0.173. The molecule has 2 atom stereocenters. The van der Waals surface area contributed by atoms with Crippen LogP contribution in [0.4, 0.5) is 35.3 Å². The SMILES string of the molecule is O=C(NC(CO)C(F)(F)F)c1ccc2c(n1)N(C(=O)Nc1cc(Br)ccn1)[C@H]1CCN2C1. The predicted molar refractivity (Wildman–Crippen MR) is 113 cm³/mol. The van der Waals surface area contributed by atoms with Crippen LogP contribution in [0.1, 0.15) is 16.9 Å². The topological polar surface area (TPSA) is 111 Å². The van der Waals surface area contributed by atoms with Gasteiger partial charge in [0.2, 0.25) is 0 Å². The maximum absolute atomic E-state index is 13.1. The average Bonchev–Trinajstić information content (AvgIpc) is 3.15. The Kier molecular flexibility index (Phi) is 5.95. The number of aromatic nitrogens is 2. The van der Waals surface area contributed by atoms with Crippen LogP contribution in [0.25, 0.3) is 0 Å². The first-order valence-electron chi connectivity index (χ1n) is 9.63. The summed E-state index contributed by atoms with van der Waals surface area (Å²) >= 11 is 3.30. The van der Waals surface area contributed by atoms with Gasteiger partial charge < -0.3 is 15.3 Å². The molecule has 2 aliphatic rings. The summed E-state index contributed by atoms with van der Waals surface area (Å²) in [7, 11) is 0. The van der Waals surface area contributed by atoms with Crippen LogP contribution < -0.4 is 20.4 Å². The lowest BCUT2D eigenvalue weighted by molar-refractivity contribution is -0.161. The van der Waals surface area contributed by atoms with Crippen LogP contribution in [0.2, 0.25) is 0 Å². The Bertz CT molecular complexity index is 1050. The van der Waals surface area contributed by atoms with E-state index in [4.69, 9.17) is 5.11 Å². The molecule has 0 saturated carbocycles. The largest absolute Gasteiger partial charge is 0.410 e. The first-order chi connectivity index (χ1) is 15.2. The van der Waals surface area contributed by atoms with Gasteiger partial charge in [-0.1, -0.05) is 15.9 Å². The number of hydrogen-bond donors (Lipinski definition) is 3. The quantitative estimate of drug-likeness (QED) is 0.578. The summed E-state index contributed by atoms with van der Waals surface area (Å²) in [4.78, 5) is 37.2. The van der Waals surface area contributed by atoms with Gasteiger partial charge in [-0.05, 0) is 30.7 Å². The molecule has 3 amide bonds. The number of aliphatic hydroxyl groups is 1. The number of nitrogens with zero attached hydrogens (tertiary/aromatic N) is 4. The molecule has 9 nitrogen and oxygen atoms in total. The van der Waals surface area contributed by atoms with Crippen LogP contribution in [-0.2, 0) is 0 Å². The Morgan fingerprint density at radius 2 is 2.09 bits per heavy atom. The van der Waals surface area contributed by atoms with E-state index in [1.54, 1.807) is 23.5 Å². The number of rotatable bonds is 4. The van der Waals surface area contributed by atoms with Gasteiger partial charge in [0.15, 0.2) is 5.82 Å². The zero-order chi connectivity index (χ0) is 23.0. The summed E-state index contributed by atoms with van der Waals surface area (Å²) in [6.45, 7) is -0.0606. The molecule has 13 heteroatoms. The van der Waals surface area contributed by atoms with Crippen LogP contribution in [-0.4, -0.2) is 65.0 Å². The van der Waals surface area contributed by atoms with Gasteiger partial charge in [0.25, 0.3) is 5.91 Å². The third-order valence-electron chi connectivity index (χ3n) is 5.24. The van der Waals surface area contributed by atoms with Crippen molar-refractivity contribution >= 4 is 45.2 Å². The highest BCUT2D eigenvalue weighted by Crippen LogP contribution is 2.39. The van der Waals surface area contributed by atoms with E-state index in [1.807, 2.05) is 4.90 Å². The van der Waals surface area contributed by atoms with Crippen LogP contribution in [0, 0.1) is 0 Å². The fourth-order valence-corrected chi connectivity index (χ4v) is 4.04. The van der Waals surface area contributed by atoms with Gasteiger partial charge in [0, 0.05) is 23.8 Å². The second-order valence-corrected chi connectivity index (χ2v) is 8.25. The molecule has 32 heavy (non-hydrogen) atoms. The van der Waals surface area contributed by atoms with Crippen molar-refractivity contribution in [1.82, 2.24) is 15.3 Å². The number of fused-ring (bicyclic) bond motifs is 4. The highest BCUT2D eigenvalue weighted by molar-refractivity contribution is 9.10. The minimum atomic E-state index is -4.81. The van der Waals surface area contributed by atoms with E-state index < -0.39 is 30.8 Å². The summed E-state index contributed by atoms with van der Waals surface area (Å²) in [5, 5.41) is 13.4. The summed E-state index contributed by atoms with van der Waals surface area (Å²) < 4.78 is 39.5. The van der Waals surface area contributed by atoms with E-state index in [0.29, 0.717) is 35.5 Å². The van der Waals surface area contributed by atoms with E-state index in [2.05, 4.69) is 31.2 Å². The van der Waals surface area contributed by atoms with Crippen LogP contribution in [0.15, 0.2) is 34.9 Å². The normalized spacial score (nSPS) is 18.2. The molecule has 1 fully saturated rings. The lowest BCUT2D eigenvalue weighted by atomic mass is 10.1. The highest BCUT2D eigenvalue weighted by atomic mass is 79.9. The van der Waals surface area contributed by atoms with Crippen molar-refractivity contribution in [3.63, 3.8) is 0 Å². The maximum atomic E-state index is 13.1. The summed E-state index contributed by atoms with van der Waals surface area (Å²) in [6.07, 6.45) is -2.63. The zero-order valence-corrected chi connectivity index (χ0v) is 18.0. The van der Waals surface area contributed by atoms with Crippen molar-refractivity contribution in [3.05, 3.63) is 40.6 Å². The van der Waals surface area contributed by atoms with Crippen molar-refractivity contribution in [2.75, 3.05) is 34.8 Å². The number of aliphatic hydroxyl groups excluding tert-OH is 1. The molecule has 2 aromatic heterocycles. The molecular formula is C19H18BrF3N6O3. The Morgan fingerprint density at radius 3 is 2.78 bits per heavy atom. The lowest BCUT2D eigenvalue weighted by Gasteiger charge is -2.35. The number of anilines is 3. The molecule has 170 valence electrons. The lowest BCUT2D eigenvalue weighted by Crippen LogP contribution is -2.49. The van der Waals surface area contributed by atoms with Crippen LogP contribution >= 0.6 is 15.9 Å². The van der Waals surface area contributed by atoms with Crippen molar-refractivity contribution in [1.29, 1.82) is 0 Å². The molecule has 4 rings (SSSR count). The number of hydrogen-bond acceptors (Lipinski definition) is 6. The average molecular weight is 515 g/mol. The molecule has 2 aliphatic heterocycles. The third-order valence-corrected chi connectivity index (χ3v) is 5.74. The number of pyridine rings is 2. The van der Waals surface area contributed by atoms with E-state index in [0.717, 1.165) is 0 Å². The van der Waals surface area contributed by atoms with Gasteiger partial charge in [-0.25, -0.2) is 14.8 Å². The number of nitrogens with one attached hydrogen (secondary N) is 2. The molecule has 1 unspecified atom stereocenters. The van der Waals surface area contributed by atoms with Gasteiger partial charge in [-0.15, -0.1) is 0 Å². The summed E-state index contributed by atoms with van der Waals surface area (Å²) in [6, 6.07) is 3.01. The molecule has 1 saturated heterocycles. The predicted octanol–water partition coefficient (Wildman–Crippen LogP) is 2.52. The molecule has 0 radical (unpaired) electrons. The number of urea groups is 1. The minimum Gasteiger partial charge on any atom is -0.394 e. The molecule has 2 aromatic rings. The molecule has 0 spiro atoms. The summed E-state index contributed by atoms with van der Waals surface area (Å²) in [5.41, 5.74) is 0.300. The van der Waals surface area contributed by atoms with Crippen LogP contribution in [0.5, 0.6) is 0 Å². The molecule has 0 aromatic carbocycles. The fraction of sp³-hybridized carbons (Fsp3) is 0.368.